The Balaban J connectivity index is 2.38. The summed E-state index contributed by atoms with van der Waals surface area (Å²) in [5.41, 5.74) is 0. The topological polar surface area (TPSA) is 23.5 Å². The van der Waals surface area contributed by atoms with Crippen LogP contribution < -0.4 is 0 Å². The molecule has 1 N–H and O–H groups in total. The molecule has 1 heterocycles. The van der Waals surface area contributed by atoms with Gasteiger partial charge in [0.15, 0.2) is 0 Å². The summed E-state index contributed by atoms with van der Waals surface area (Å²) in [6, 6.07) is 0.407. The summed E-state index contributed by atoms with van der Waals surface area (Å²) in [5.74, 6) is 0. The number of likely N-dealkylation sites (tertiary alicyclic amines) is 1. The van der Waals surface area contributed by atoms with Gasteiger partial charge >= 0.3 is 0 Å². The highest BCUT2D eigenvalue weighted by atomic mass is 16.3. The molecule has 0 aromatic heterocycles. The second-order valence-electron chi connectivity index (χ2n) is 3.27. The number of aliphatic hydroxyl groups excluding tert-OH is 1. The predicted octanol–water partition coefficient (Wildman–Crippen LogP) is 1.02. The third-order valence-corrected chi connectivity index (χ3v) is 2.35. The first-order chi connectivity index (χ1) is 5.24. The van der Waals surface area contributed by atoms with Crippen LogP contribution in [0.1, 0.15) is 19.8 Å². The van der Waals surface area contributed by atoms with Crippen LogP contribution >= 0.6 is 0 Å². The van der Waals surface area contributed by atoms with Crippen molar-refractivity contribution in [2.24, 2.45) is 0 Å². The number of β-amino-alcohol motifs (C(OH)–C–C–N with tert-alkyl or cyclic N) is 1. The minimum Gasteiger partial charge on any atom is -0.392 e. The second-order valence-corrected chi connectivity index (χ2v) is 3.27. The van der Waals surface area contributed by atoms with Crippen LogP contribution in [-0.2, 0) is 0 Å². The highest BCUT2D eigenvalue weighted by molar-refractivity contribution is 4.86. The largest absolute Gasteiger partial charge is 0.392 e. The Kier molecular flexibility index (Phi) is 3.09. The van der Waals surface area contributed by atoms with Gasteiger partial charge in [0.1, 0.15) is 0 Å². The van der Waals surface area contributed by atoms with Gasteiger partial charge in [-0.05, 0) is 26.3 Å². The van der Waals surface area contributed by atoms with Gasteiger partial charge in [-0.3, -0.25) is 4.90 Å². The van der Waals surface area contributed by atoms with Crippen molar-refractivity contribution in [2.45, 2.75) is 31.9 Å². The van der Waals surface area contributed by atoms with Crippen LogP contribution in [0.2, 0.25) is 0 Å². The molecule has 1 unspecified atom stereocenters. The maximum absolute atomic E-state index is 9.35. The summed E-state index contributed by atoms with van der Waals surface area (Å²) in [4.78, 5) is 2.27. The van der Waals surface area contributed by atoms with Crippen molar-refractivity contribution in [1.29, 1.82) is 0 Å². The lowest BCUT2D eigenvalue weighted by Gasteiger charge is -2.33. The van der Waals surface area contributed by atoms with E-state index in [4.69, 9.17) is 0 Å². The van der Waals surface area contributed by atoms with E-state index < -0.39 is 0 Å². The van der Waals surface area contributed by atoms with Gasteiger partial charge in [0.05, 0.1) is 6.10 Å². The number of hydrogen-bond acceptors (Lipinski definition) is 2. The molecule has 0 saturated carbocycles. The van der Waals surface area contributed by atoms with Gasteiger partial charge in [-0.15, -0.1) is 6.58 Å². The number of hydrogen-bond donors (Lipinski definition) is 1. The molecule has 2 heteroatoms. The van der Waals surface area contributed by atoms with Crippen molar-refractivity contribution in [3.05, 3.63) is 12.7 Å². The summed E-state index contributed by atoms with van der Waals surface area (Å²) in [6.45, 7) is 7.77. The Labute approximate surface area is 68.5 Å². The Morgan fingerprint density at radius 3 is 3.00 bits per heavy atom. The van der Waals surface area contributed by atoms with Crippen LogP contribution in [0.25, 0.3) is 0 Å². The van der Waals surface area contributed by atoms with E-state index in [-0.39, 0.29) is 6.10 Å². The highest BCUT2D eigenvalue weighted by Crippen LogP contribution is 2.12. The minimum atomic E-state index is -0.119. The van der Waals surface area contributed by atoms with Gasteiger partial charge in [0.25, 0.3) is 0 Å². The van der Waals surface area contributed by atoms with Crippen molar-refractivity contribution >= 4 is 0 Å². The van der Waals surface area contributed by atoms with Crippen molar-refractivity contribution in [3.63, 3.8) is 0 Å². The van der Waals surface area contributed by atoms with E-state index >= 15 is 0 Å². The van der Waals surface area contributed by atoms with Crippen molar-refractivity contribution in [1.82, 2.24) is 4.90 Å². The molecule has 0 amide bonds. The lowest BCUT2D eigenvalue weighted by Crippen LogP contribution is -2.42. The van der Waals surface area contributed by atoms with E-state index in [1.165, 1.54) is 0 Å². The number of piperidine rings is 1. The molecule has 1 rings (SSSR count). The predicted molar refractivity (Wildman–Crippen MR) is 46.5 cm³/mol. The molecule has 0 bridgehead atoms. The molecule has 1 aliphatic rings. The normalized spacial score (nSPS) is 29.8. The number of rotatable bonds is 2. The van der Waals surface area contributed by atoms with E-state index in [0.29, 0.717) is 6.04 Å². The van der Waals surface area contributed by atoms with E-state index in [1.54, 1.807) is 0 Å². The van der Waals surface area contributed by atoms with Gasteiger partial charge in [-0.25, -0.2) is 0 Å². The van der Waals surface area contributed by atoms with E-state index in [2.05, 4.69) is 18.4 Å². The molecule has 64 valence electrons. The fourth-order valence-corrected chi connectivity index (χ4v) is 1.50. The number of aliphatic hydroxyl groups is 1. The Morgan fingerprint density at radius 1 is 1.73 bits per heavy atom. The first-order valence-corrected chi connectivity index (χ1v) is 4.28. The van der Waals surface area contributed by atoms with Gasteiger partial charge in [0, 0.05) is 12.6 Å². The molecule has 0 spiro atoms. The average molecular weight is 155 g/mol. The molecule has 1 fully saturated rings. The Hall–Kier alpha value is -0.340. The van der Waals surface area contributed by atoms with Gasteiger partial charge in [-0.1, -0.05) is 6.08 Å². The maximum atomic E-state index is 9.35. The first kappa shape index (κ1) is 8.75. The van der Waals surface area contributed by atoms with Crippen molar-refractivity contribution in [2.75, 3.05) is 13.1 Å². The summed E-state index contributed by atoms with van der Waals surface area (Å²) < 4.78 is 0. The van der Waals surface area contributed by atoms with Crippen LogP contribution in [0, 0.1) is 0 Å². The smallest absolute Gasteiger partial charge is 0.0667 e. The van der Waals surface area contributed by atoms with E-state index in [9.17, 15) is 5.11 Å². The van der Waals surface area contributed by atoms with E-state index in [1.807, 2.05) is 6.08 Å². The highest BCUT2D eigenvalue weighted by Gasteiger charge is 2.19. The number of nitrogens with zero attached hydrogens (tertiary/aromatic N) is 1. The van der Waals surface area contributed by atoms with Crippen molar-refractivity contribution < 1.29 is 5.11 Å². The molecular weight excluding hydrogens is 138 g/mol. The average Bonchev–Trinajstić information content (AvgIpc) is 2.03. The lowest BCUT2D eigenvalue weighted by molar-refractivity contribution is 0.0605. The molecule has 1 saturated heterocycles. The van der Waals surface area contributed by atoms with Crippen LogP contribution in [0.3, 0.4) is 0 Å². The summed E-state index contributed by atoms with van der Waals surface area (Å²) >= 11 is 0. The fourth-order valence-electron chi connectivity index (χ4n) is 1.50. The monoisotopic (exact) mass is 155 g/mol. The van der Waals surface area contributed by atoms with Crippen molar-refractivity contribution in [3.8, 4) is 0 Å². The second kappa shape index (κ2) is 3.88. The molecule has 0 radical (unpaired) electrons. The van der Waals surface area contributed by atoms with Crippen LogP contribution in [0.5, 0.6) is 0 Å². The summed E-state index contributed by atoms with van der Waals surface area (Å²) in [6.07, 6.45) is 3.88. The van der Waals surface area contributed by atoms with Gasteiger partial charge in [-0.2, -0.15) is 0 Å². The third-order valence-electron chi connectivity index (χ3n) is 2.35. The zero-order valence-corrected chi connectivity index (χ0v) is 7.16. The molecular formula is C9H17NO. The molecule has 0 aromatic carbocycles. The SMILES string of the molecule is C=CC(C)N1CCC[C@H](O)C1. The minimum absolute atomic E-state index is 0.119. The van der Waals surface area contributed by atoms with Crippen LogP contribution in [0.15, 0.2) is 12.7 Å². The first-order valence-electron chi connectivity index (χ1n) is 4.28. The quantitative estimate of drug-likeness (QED) is 0.602. The zero-order chi connectivity index (χ0) is 8.27. The molecule has 11 heavy (non-hydrogen) atoms. The van der Waals surface area contributed by atoms with Gasteiger partial charge in [0.2, 0.25) is 0 Å². The Bertz CT molecular complexity index is 136. The van der Waals surface area contributed by atoms with Crippen LogP contribution in [0.4, 0.5) is 0 Å². The molecule has 0 aromatic rings. The zero-order valence-electron chi connectivity index (χ0n) is 7.16. The fraction of sp³-hybridized carbons (Fsp3) is 0.778. The molecule has 0 aliphatic carbocycles. The standard InChI is InChI=1S/C9H17NO/c1-3-8(2)10-6-4-5-9(11)7-10/h3,8-9,11H,1,4-7H2,2H3/t8?,9-/m0/s1. The third kappa shape index (κ3) is 2.31. The maximum Gasteiger partial charge on any atom is 0.0667 e. The molecule has 2 nitrogen and oxygen atoms in total. The lowest BCUT2D eigenvalue weighted by atomic mass is 10.1. The van der Waals surface area contributed by atoms with Gasteiger partial charge < -0.3 is 5.11 Å². The molecule has 2 atom stereocenters. The summed E-state index contributed by atoms with van der Waals surface area (Å²) in [7, 11) is 0. The molecule has 1 aliphatic heterocycles. The van der Waals surface area contributed by atoms with Crippen LogP contribution in [-0.4, -0.2) is 35.2 Å². The summed E-state index contributed by atoms with van der Waals surface area (Å²) in [5, 5.41) is 9.35. The Morgan fingerprint density at radius 2 is 2.45 bits per heavy atom. The van der Waals surface area contributed by atoms with E-state index in [0.717, 1.165) is 25.9 Å².